The Kier molecular flexibility index (Phi) is 3.69. The topological polar surface area (TPSA) is 42.4 Å². The van der Waals surface area contributed by atoms with Gasteiger partial charge in [0, 0.05) is 19.3 Å². The van der Waals surface area contributed by atoms with Gasteiger partial charge in [0.1, 0.15) is 16.1 Å². The number of aromatic nitrogens is 1. The second-order valence-electron chi connectivity index (χ2n) is 3.08. The average Bonchev–Trinajstić information content (AvgIpc) is 2.30. The van der Waals surface area contributed by atoms with Crippen molar-refractivity contribution >= 4 is 22.6 Å². The first kappa shape index (κ1) is 11.0. The van der Waals surface area contributed by atoms with Gasteiger partial charge in [0.25, 0.3) is 0 Å². The molecule has 6 heteroatoms. The molecule has 0 bridgehead atoms. The summed E-state index contributed by atoms with van der Waals surface area (Å²) in [5.41, 5.74) is 0. The van der Waals surface area contributed by atoms with E-state index in [0.29, 0.717) is 36.4 Å². The lowest BCUT2D eigenvalue weighted by atomic mass is 10.5. The van der Waals surface area contributed by atoms with E-state index in [1.807, 2.05) is 4.31 Å². The van der Waals surface area contributed by atoms with Crippen LogP contribution in [-0.2, 0) is 15.7 Å². The molecule has 0 N–H and O–H groups in total. The Bertz CT molecular complexity index is 369. The van der Waals surface area contributed by atoms with Crippen LogP contribution >= 0.6 is 11.6 Å². The quantitative estimate of drug-likeness (QED) is 0.734. The van der Waals surface area contributed by atoms with Gasteiger partial charge in [-0.15, -0.1) is 0 Å². The van der Waals surface area contributed by atoms with E-state index in [4.69, 9.17) is 16.3 Å². The smallest absolute Gasteiger partial charge is 0.146 e. The zero-order valence-corrected chi connectivity index (χ0v) is 9.63. The Balaban J connectivity index is 2.16. The van der Waals surface area contributed by atoms with E-state index in [1.165, 1.54) is 0 Å². The van der Waals surface area contributed by atoms with Crippen LogP contribution in [0.3, 0.4) is 0 Å². The summed E-state index contributed by atoms with van der Waals surface area (Å²) in [6.45, 7) is 2.56. The van der Waals surface area contributed by atoms with Crippen LogP contribution in [0.25, 0.3) is 0 Å². The molecule has 1 saturated heterocycles. The maximum atomic E-state index is 12.1. The molecule has 0 amide bonds. The van der Waals surface area contributed by atoms with Crippen molar-refractivity contribution in [3.8, 4) is 0 Å². The van der Waals surface area contributed by atoms with Gasteiger partial charge in [0.2, 0.25) is 0 Å². The first-order valence-electron chi connectivity index (χ1n) is 4.64. The molecular formula is C9H11ClN2O2S. The van der Waals surface area contributed by atoms with E-state index in [9.17, 15) is 4.21 Å². The Hall–Kier alpha value is -0.490. The van der Waals surface area contributed by atoms with Crippen molar-refractivity contribution in [2.45, 2.75) is 4.90 Å². The maximum Gasteiger partial charge on any atom is 0.146 e. The number of morpholine rings is 1. The van der Waals surface area contributed by atoms with Crippen molar-refractivity contribution in [1.82, 2.24) is 9.29 Å². The largest absolute Gasteiger partial charge is 0.379 e. The highest BCUT2D eigenvalue weighted by molar-refractivity contribution is 7.82. The second-order valence-corrected chi connectivity index (χ2v) is 4.90. The molecule has 1 aromatic heterocycles. The van der Waals surface area contributed by atoms with Crippen LogP contribution in [0, 0.1) is 0 Å². The number of halogens is 1. The predicted octanol–water partition coefficient (Wildman–Crippen LogP) is 1.09. The normalized spacial score (nSPS) is 20.1. The van der Waals surface area contributed by atoms with Crippen LogP contribution in [0.1, 0.15) is 0 Å². The number of nitrogens with zero attached hydrogens (tertiary/aromatic N) is 2. The van der Waals surface area contributed by atoms with Crippen LogP contribution < -0.4 is 0 Å². The number of hydrogen-bond donors (Lipinski definition) is 0. The fraction of sp³-hybridized carbons (Fsp3) is 0.444. The van der Waals surface area contributed by atoms with Gasteiger partial charge in [-0.2, -0.15) is 0 Å². The molecule has 2 heterocycles. The molecule has 1 unspecified atom stereocenters. The third-order valence-corrected chi connectivity index (χ3v) is 4.07. The first-order valence-corrected chi connectivity index (χ1v) is 6.12. The summed E-state index contributed by atoms with van der Waals surface area (Å²) >= 11 is 5.88. The van der Waals surface area contributed by atoms with Gasteiger partial charge in [-0.25, -0.2) is 13.5 Å². The van der Waals surface area contributed by atoms with Gasteiger partial charge in [-0.1, -0.05) is 11.6 Å². The van der Waals surface area contributed by atoms with Gasteiger partial charge < -0.3 is 4.74 Å². The van der Waals surface area contributed by atoms with Gasteiger partial charge in [0.05, 0.1) is 18.1 Å². The summed E-state index contributed by atoms with van der Waals surface area (Å²) in [7, 11) is -1.22. The minimum absolute atomic E-state index is 0.308. The summed E-state index contributed by atoms with van der Waals surface area (Å²) in [6.07, 6.45) is 1.59. The molecule has 1 fully saturated rings. The molecule has 0 aliphatic carbocycles. The van der Waals surface area contributed by atoms with Crippen LogP contribution in [0.15, 0.2) is 23.2 Å². The summed E-state index contributed by atoms with van der Waals surface area (Å²) in [5.74, 6) is 0. The van der Waals surface area contributed by atoms with Crippen LogP contribution in [0.2, 0.25) is 5.15 Å². The summed E-state index contributed by atoms with van der Waals surface area (Å²) in [5, 5.41) is 0.308. The number of ether oxygens (including phenoxy) is 1. The lowest BCUT2D eigenvalue weighted by Crippen LogP contribution is -2.37. The predicted molar refractivity (Wildman–Crippen MR) is 58.0 cm³/mol. The molecule has 0 spiro atoms. The second kappa shape index (κ2) is 5.03. The van der Waals surface area contributed by atoms with Gasteiger partial charge in [0.15, 0.2) is 0 Å². The molecule has 0 saturated carbocycles. The van der Waals surface area contributed by atoms with Gasteiger partial charge in [-0.3, -0.25) is 0 Å². The number of pyridine rings is 1. The van der Waals surface area contributed by atoms with Crippen molar-refractivity contribution in [1.29, 1.82) is 0 Å². The molecule has 1 aromatic rings. The monoisotopic (exact) mass is 246 g/mol. The van der Waals surface area contributed by atoms with Crippen LogP contribution in [-0.4, -0.2) is 39.8 Å². The third-order valence-electron chi connectivity index (χ3n) is 2.12. The summed E-state index contributed by atoms with van der Waals surface area (Å²) < 4.78 is 19.1. The lowest BCUT2D eigenvalue weighted by Gasteiger charge is -2.25. The molecule has 2 rings (SSSR count). The van der Waals surface area contributed by atoms with Crippen molar-refractivity contribution in [3.63, 3.8) is 0 Å². The molecule has 0 radical (unpaired) electrons. The standard InChI is InChI=1S/C9H11ClN2O2S/c10-9-8(2-1-3-11-9)15(13)12-4-6-14-7-5-12/h1-3H,4-7H2. The van der Waals surface area contributed by atoms with Crippen molar-refractivity contribution in [2.24, 2.45) is 0 Å². The van der Waals surface area contributed by atoms with Crippen molar-refractivity contribution in [2.75, 3.05) is 26.3 Å². The Labute approximate surface area is 95.8 Å². The number of hydrogen-bond acceptors (Lipinski definition) is 3. The Morgan fingerprint density at radius 3 is 2.87 bits per heavy atom. The SMILES string of the molecule is O=S(c1cccnc1Cl)N1CCOCC1. The molecule has 0 aromatic carbocycles. The Morgan fingerprint density at radius 2 is 2.20 bits per heavy atom. The maximum absolute atomic E-state index is 12.1. The fourth-order valence-corrected chi connectivity index (χ4v) is 2.82. The zero-order chi connectivity index (χ0) is 10.7. The van der Waals surface area contributed by atoms with Crippen LogP contribution in [0.4, 0.5) is 0 Å². The van der Waals surface area contributed by atoms with Gasteiger partial charge in [-0.05, 0) is 12.1 Å². The van der Waals surface area contributed by atoms with Gasteiger partial charge >= 0.3 is 0 Å². The highest BCUT2D eigenvalue weighted by Crippen LogP contribution is 2.19. The van der Waals surface area contributed by atoms with Crippen molar-refractivity contribution in [3.05, 3.63) is 23.5 Å². The minimum atomic E-state index is -1.22. The Morgan fingerprint density at radius 1 is 1.47 bits per heavy atom. The van der Waals surface area contributed by atoms with E-state index >= 15 is 0 Å². The highest BCUT2D eigenvalue weighted by Gasteiger charge is 2.20. The van der Waals surface area contributed by atoms with Crippen LogP contribution in [0.5, 0.6) is 0 Å². The van der Waals surface area contributed by atoms with E-state index in [0.717, 1.165) is 0 Å². The van der Waals surface area contributed by atoms with E-state index in [1.54, 1.807) is 18.3 Å². The molecule has 1 aliphatic heterocycles. The third kappa shape index (κ3) is 2.55. The molecule has 1 aliphatic rings. The first-order chi connectivity index (χ1) is 7.29. The molecular weight excluding hydrogens is 236 g/mol. The minimum Gasteiger partial charge on any atom is -0.379 e. The van der Waals surface area contributed by atoms with Crippen molar-refractivity contribution < 1.29 is 8.95 Å². The molecule has 4 nitrogen and oxygen atoms in total. The summed E-state index contributed by atoms with van der Waals surface area (Å²) in [6, 6.07) is 3.47. The molecule has 15 heavy (non-hydrogen) atoms. The number of rotatable bonds is 2. The molecule has 1 atom stereocenters. The molecule has 82 valence electrons. The zero-order valence-electron chi connectivity index (χ0n) is 8.06. The lowest BCUT2D eigenvalue weighted by molar-refractivity contribution is 0.0752. The van der Waals surface area contributed by atoms with E-state index in [-0.39, 0.29) is 0 Å². The average molecular weight is 247 g/mol. The fourth-order valence-electron chi connectivity index (χ4n) is 1.35. The highest BCUT2D eigenvalue weighted by atomic mass is 35.5. The summed E-state index contributed by atoms with van der Waals surface area (Å²) in [4.78, 5) is 4.48. The van der Waals surface area contributed by atoms with E-state index < -0.39 is 11.0 Å². The van der Waals surface area contributed by atoms with E-state index in [2.05, 4.69) is 4.98 Å².